The molecular weight excluding hydrogens is 575 g/mol. The van der Waals surface area contributed by atoms with Crippen LogP contribution in [0.5, 0.6) is 0 Å². The van der Waals surface area contributed by atoms with Crippen LogP contribution in [0.1, 0.15) is 19.5 Å². The molecule has 2 aromatic heterocycles. The Morgan fingerprint density at radius 1 is 0.512 bits per heavy atom. The summed E-state index contributed by atoms with van der Waals surface area (Å²) in [7, 11) is 0. The topological polar surface area (TPSA) is 85.7 Å². The van der Waals surface area contributed by atoms with Crippen LogP contribution in [0.2, 0.25) is 0 Å². The van der Waals surface area contributed by atoms with E-state index in [-0.39, 0.29) is 0 Å². The first kappa shape index (κ1) is 28.3. The fraction of sp³-hybridized carbons (Fsp3) is 0.111. The van der Waals surface area contributed by atoms with E-state index in [9.17, 15) is 0 Å². The van der Waals surface area contributed by atoms with Gasteiger partial charge in [0.25, 0.3) is 0 Å². The Bertz CT molecular complexity index is 2040. The van der Waals surface area contributed by atoms with Crippen molar-refractivity contribution in [3.8, 4) is 0 Å². The molecule has 8 aromatic rings. The summed E-state index contributed by atoms with van der Waals surface area (Å²) in [4.78, 5) is 18.7. The number of aromatic nitrogens is 4. The van der Waals surface area contributed by atoms with Gasteiger partial charge >= 0.3 is 22.5 Å². The molecule has 0 radical (unpaired) electrons. The van der Waals surface area contributed by atoms with Crippen LogP contribution < -0.4 is 0 Å². The van der Waals surface area contributed by atoms with Crippen molar-refractivity contribution in [2.75, 3.05) is 0 Å². The number of nitrogens with zero attached hydrogens (tertiary/aromatic N) is 4. The van der Waals surface area contributed by atoms with Crippen LogP contribution in [0.15, 0.2) is 116 Å². The van der Waals surface area contributed by atoms with E-state index in [0.29, 0.717) is 5.92 Å². The molecule has 0 amide bonds. The van der Waals surface area contributed by atoms with E-state index in [4.69, 9.17) is 17.6 Å². The quantitative estimate of drug-likeness (QED) is 0.145. The average Bonchev–Trinajstić information content (AvgIpc) is 3.05. The summed E-state index contributed by atoms with van der Waals surface area (Å²) in [6.07, 6.45) is 6.40. The van der Waals surface area contributed by atoms with E-state index < -0.39 is 14.8 Å². The second-order valence-corrected chi connectivity index (χ2v) is 10.9. The Morgan fingerprint density at radius 3 is 1.21 bits per heavy atom. The van der Waals surface area contributed by atoms with Gasteiger partial charge in [0.1, 0.15) is 0 Å². The predicted octanol–water partition coefficient (Wildman–Crippen LogP) is 8.83. The van der Waals surface area contributed by atoms with Gasteiger partial charge < -0.3 is 0 Å². The van der Waals surface area contributed by atoms with Crippen molar-refractivity contribution in [2.45, 2.75) is 20.3 Å². The largest absolute Gasteiger partial charge is 0.252 e. The third kappa shape index (κ3) is 5.53. The summed E-state index contributed by atoms with van der Waals surface area (Å²) in [5.41, 5.74) is 5.05. The zero-order valence-corrected chi connectivity index (χ0v) is 24.9. The summed E-state index contributed by atoms with van der Waals surface area (Å²) in [5.74, 6) is 0.582. The standard InChI is InChI=1S/C20H18N2.C16H10N2.Mn.2O/c1-13(2)11-14-12-21-19-17-9-5-3-7-15(17)16-8-4-6-10-18(16)20(19)22-14;1-3-7-13-11(5-1)12-6-2-4-8-14(12)16-15(13)17-9-10-18-16;;;/h3-10,12-13H,11H2,1-2H3;1-10H;;;. The second kappa shape index (κ2) is 12.6. The van der Waals surface area contributed by atoms with Gasteiger partial charge in [-0.3, -0.25) is 15.0 Å². The normalized spacial score (nSPS) is 11.0. The Kier molecular flexibility index (Phi) is 8.27. The number of hydrogen-bond donors (Lipinski definition) is 0. The van der Waals surface area contributed by atoms with E-state index in [2.05, 4.69) is 109 Å². The Labute approximate surface area is 254 Å². The van der Waals surface area contributed by atoms with Crippen LogP contribution in [-0.4, -0.2) is 19.9 Å². The molecule has 8 rings (SSSR count). The molecule has 2 heterocycles. The zero-order valence-electron chi connectivity index (χ0n) is 23.7. The monoisotopic (exact) mass is 603 g/mol. The van der Waals surface area contributed by atoms with E-state index in [1.807, 2.05) is 18.3 Å². The summed E-state index contributed by atoms with van der Waals surface area (Å²) in [6.45, 7) is 4.43. The first-order chi connectivity index (χ1) is 21.1. The van der Waals surface area contributed by atoms with E-state index in [1.54, 1.807) is 12.4 Å². The van der Waals surface area contributed by atoms with E-state index >= 15 is 0 Å². The van der Waals surface area contributed by atoms with Gasteiger partial charge in [0.2, 0.25) is 0 Å². The van der Waals surface area contributed by atoms with E-state index in [0.717, 1.165) is 34.2 Å². The van der Waals surface area contributed by atoms with Crippen LogP contribution in [-0.2, 0) is 28.9 Å². The predicted molar refractivity (Wildman–Crippen MR) is 169 cm³/mol. The van der Waals surface area contributed by atoms with Crippen molar-refractivity contribution in [2.24, 2.45) is 5.92 Å². The summed E-state index contributed by atoms with van der Waals surface area (Å²) >= 11 is -1.44. The molecule has 43 heavy (non-hydrogen) atoms. The number of hydrogen-bond acceptors (Lipinski definition) is 6. The molecule has 0 aliphatic rings. The maximum atomic E-state index is 8.41. The summed E-state index contributed by atoms with van der Waals surface area (Å²) < 4.78 is 16.8. The van der Waals surface area contributed by atoms with E-state index in [1.165, 1.54) is 43.1 Å². The summed E-state index contributed by atoms with van der Waals surface area (Å²) in [6, 6.07) is 33.7. The van der Waals surface area contributed by atoms with Gasteiger partial charge in [0.15, 0.2) is 0 Å². The van der Waals surface area contributed by atoms with Gasteiger partial charge in [0, 0.05) is 40.1 Å². The SMILES string of the molecule is CC(C)Cc1cnc2c3ccccc3c3ccccc3c2n1.[O]=[Mn]=[O].c1ccc2c(c1)c1ccccc1c1nccnc21. The molecule has 0 N–H and O–H groups in total. The molecular formula is C36H28MnN4O2. The number of fused-ring (bicyclic) bond motifs is 12. The number of benzene rings is 6. The molecule has 0 unspecified atom stereocenters. The fourth-order valence-corrected chi connectivity index (χ4v) is 5.76. The van der Waals surface area contributed by atoms with Gasteiger partial charge in [-0.15, -0.1) is 0 Å². The average molecular weight is 604 g/mol. The van der Waals surface area contributed by atoms with Crippen molar-refractivity contribution < 1.29 is 22.5 Å². The van der Waals surface area contributed by atoms with Gasteiger partial charge in [-0.1, -0.05) is 111 Å². The minimum Gasteiger partial charge on any atom is -0.252 e. The van der Waals surface area contributed by atoms with Crippen LogP contribution in [0.3, 0.4) is 0 Å². The zero-order chi connectivity index (χ0) is 29.8. The Morgan fingerprint density at radius 2 is 0.837 bits per heavy atom. The number of rotatable bonds is 2. The molecule has 7 heteroatoms. The second-order valence-electron chi connectivity index (χ2n) is 10.7. The molecule has 211 valence electrons. The molecule has 6 nitrogen and oxygen atoms in total. The molecule has 0 bridgehead atoms. The Hall–Kier alpha value is -4.84. The van der Waals surface area contributed by atoms with Crippen molar-refractivity contribution >= 4 is 65.2 Å². The van der Waals surface area contributed by atoms with Gasteiger partial charge in [-0.2, -0.15) is 0 Å². The first-order valence-electron chi connectivity index (χ1n) is 14.0. The maximum Gasteiger partial charge on any atom is 0.0971 e. The molecule has 0 aliphatic heterocycles. The van der Waals surface area contributed by atoms with Crippen LogP contribution in [0.4, 0.5) is 0 Å². The minimum absolute atomic E-state index is 0.582. The molecule has 0 spiro atoms. The molecule has 0 fully saturated rings. The Balaban J connectivity index is 0.000000143. The van der Waals surface area contributed by atoms with Gasteiger partial charge in [-0.25, -0.2) is 4.98 Å². The molecule has 0 saturated carbocycles. The van der Waals surface area contributed by atoms with Crippen molar-refractivity contribution in [3.63, 3.8) is 0 Å². The third-order valence-electron chi connectivity index (χ3n) is 7.45. The van der Waals surface area contributed by atoms with Crippen LogP contribution >= 0.6 is 0 Å². The fourth-order valence-electron chi connectivity index (χ4n) is 5.76. The molecule has 0 atom stereocenters. The molecule has 0 saturated heterocycles. The maximum absolute atomic E-state index is 8.41. The molecule has 6 aromatic carbocycles. The third-order valence-corrected chi connectivity index (χ3v) is 7.45. The van der Waals surface area contributed by atoms with Gasteiger partial charge in [-0.05, 0) is 33.9 Å². The molecule has 0 aliphatic carbocycles. The van der Waals surface area contributed by atoms with Crippen molar-refractivity contribution in [1.82, 2.24) is 19.9 Å². The summed E-state index contributed by atoms with van der Waals surface area (Å²) in [5, 5.41) is 9.67. The first-order valence-corrected chi connectivity index (χ1v) is 15.0. The van der Waals surface area contributed by atoms with Gasteiger partial charge in [0.05, 0.1) is 27.8 Å². The minimum atomic E-state index is -1.44. The van der Waals surface area contributed by atoms with Crippen LogP contribution in [0.25, 0.3) is 65.2 Å². The van der Waals surface area contributed by atoms with Crippen LogP contribution in [0, 0.1) is 5.92 Å². The van der Waals surface area contributed by atoms with Crippen molar-refractivity contribution in [3.05, 3.63) is 121 Å². The van der Waals surface area contributed by atoms with Crippen molar-refractivity contribution in [1.29, 1.82) is 0 Å². The smallest absolute Gasteiger partial charge is 0.0971 e.